The maximum atomic E-state index is 10.3. The maximum absolute atomic E-state index is 10.3. The van der Waals surface area contributed by atoms with Gasteiger partial charge in [-0.05, 0) is 0 Å². The van der Waals surface area contributed by atoms with E-state index in [2.05, 4.69) is 10.1 Å². The summed E-state index contributed by atoms with van der Waals surface area (Å²) in [6.07, 6.45) is 4.06. The van der Waals surface area contributed by atoms with Crippen LogP contribution < -0.4 is 0 Å². The third-order valence-corrected chi connectivity index (χ3v) is 1.69. The molecule has 13 heavy (non-hydrogen) atoms. The highest BCUT2D eigenvalue weighted by molar-refractivity contribution is 5.72. The summed E-state index contributed by atoms with van der Waals surface area (Å²) in [5.41, 5.74) is 0.564. The van der Waals surface area contributed by atoms with Gasteiger partial charge in [-0.1, -0.05) is 5.16 Å². The monoisotopic (exact) mass is 177 g/mol. The molecule has 5 nitrogen and oxygen atoms in total. The molecule has 66 valence electrons. The van der Waals surface area contributed by atoms with Crippen LogP contribution in [0.1, 0.15) is 10.6 Å². The molecule has 2 aromatic rings. The predicted octanol–water partition coefficient (Wildman–Crippen LogP) is 0.888. The highest BCUT2D eigenvalue weighted by Gasteiger charge is 2.08. The maximum Gasteiger partial charge on any atom is 0.199 e. The summed E-state index contributed by atoms with van der Waals surface area (Å²) in [4.78, 5) is 14.4. The van der Waals surface area contributed by atoms with Gasteiger partial charge in [0.05, 0.1) is 0 Å². The summed E-state index contributed by atoms with van der Waals surface area (Å²) < 4.78 is 6.52. The summed E-state index contributed by atoms with van der Waals surface area (Å²) >= 11 is 0. The van der Waals surface area contributed by atoms with E-state index in [1.807, 2.05) is 7.05 Å². The third kappa shape index (κ3) is 1.24. The fraction of sp³-hybridized carbons (Fsp3) is 0.125. The predicted molar refractivity (Wildman–Crippen MR) is 44.1 cm³/mol. The molecular weight excluding hydrogens is 170 g/mol. The number of rotatable bonds is 2. The van der Waals surface area contributed by atoms with Gasteiger partial charge in [0.25, 0.3) is 0 Å². The topological polar surface area (TPSA) is 60.9 Å². The zero-order valence-electron chi connectivity index (χ0n) is 6.97. The first-order valence-electron chi connectivity index (χ1n) is 3.71. The molecule has 2 aromatic heterocycles. The van der Waals surface area contributed by atoms with Crippen LogP contribution >= 0.6 is 0 Å². The average Bonchev–Trinajstić information content (AvgIpc) is 2.71. The first kappa shape index (κ1) is 7.72. The minimum absolute atomic E-state index is 0.206. The lowest BCUT2D eigenvalue weighted by Crippen LogP contribution is -1.90. The molecule has 0 saturated heterocycles. The molecule has 0 aromatic carbocycles. The molecule has 0 atom stereocenters. The van der Waals surface area contributed by atoms with E-state index < -0.39 is 0 Å². The molecule has 5 heteroatoms. The Balaban J connectivity index is 2.46. The second-order valence-corrected chi connectivity index (χ2v) is 2.59. The van der Waals surface area contributed by atoms with Gasteiger partial charge in [-0.2, -0.15) is 0 Å². The van der Waals surface area contributed by atoms with E-state index in [1.54, 1.807) is 23.0 Å². The third-order valence-electron chi connectivity index (χ3n) is 1.69. The van der Waals surface area contributed by atoms with Gasteiger partial charge in [-0.15, -0.1) is 0 Å². The number of aldehydes is 1. The Hall–Kier alpha value is -1.91. The molecule has 0 aliphatic carbocycles. The van der Waals surface area contributed by atoms with E-state index in [9.17, 15) is 4.79 Å². The lowest BCUT2D eigenvalue weighted by atomic mass is 10.3. The zero-order valence-corrected chi connectivity index (χ0v) is 6.97. The van der Waals surface area contributed by atoms with Crippen LogP contribution in [-0.4, -0.2) is 21.0 Å². The number of carbonyl (C=O) groups is 1. The van der Waals surface area contributed by atoms with Crippen LogP contribution in [0.5, 0.6) is 0 Å². The van der Waals surface area contributed by atoms with Gasteiger partial charge in [0, 0.05) is 25.5 Å². The molecule has 0 aliphatic rings. The van der Waals surface area contributed by atoms with E-state index in [1.165, 1.54) is 0 Å². The standard InChI is InChI=1S/C8H7N3O2/c1-11-3-2-9-8(11)7-4-6(5-12)13-10-7/h2-5H,1H3. The summed E-state index contributed by atoms with van der Waals surface area (Å²) in [5, 5.41) is 3.70. The van der Waals surface area contributed by atoms with Gasteiger partial charge < -0.3 is 9.09 Å². The molecule has 0 saturated carbocycles. The molecule has 0 unspecified atom stereocenters. The number of aryl methyl sites for hydroxylation is 1. The SMILES string of the molecule is Cn1ccnc1-c1cc(C=O)on1. The fourth-order valence-corrected chi connectivity index (χ4v) is 1.06. The van der Waals surface area contributed by atoms with Crippen molar-refractivity contribution < 1.29 is 9.32 Å². The van der Waals surface area contributed by atoms with Crippen LogP contribution in [-0.2, 0) is 7.05 Å². The van der Waals surface area contributed by atoms with E-state index in [-0.39, 0.29) is 5.76 Å². The molecule has 0 fully saturated rings. The van der Waals surface area contributed by atoms with E-state index in [0.717, 1.165) is 0 Å². The average molecular weight is 177 g/mol. The van der Waals surface area contributed by atoms with Gasteiger partial charge in [0.15, 0.2) is 17.9 Å². The van der Waals surface area contributed by atoms with Crippen molar-refractivity contribution in [2.24, 2.45) is 7.05 Å². The van der Waals surface area contributed by atoms with Gasteiger partial charge in [-0.3, -0.25) is 4.79 Å². The summed E-state index contributed by atoms with van der Waals surface area (Å²) in [6, 6.07) is 1.55. The second-order valence-electron chi connectivity index (χ2n) is 2.59. The van der Waals surface area contributed by atoms with Crippen LogP contribution in [0.2, 0.25) is 0 Å². The zero-order chi connectivity index (χ0) is 9.26. The van der Waals surface area contributed by atoms with E-state index in [4.69, 9.17) is 4.52 Å². The molecule has 2 heterocycles. The van der Waals surface area contributed by atoms with Crippen LogP contribution in [0.25, 0.3) is 11.5 Å². The van der Waals surface area contributed by atoms with E-state index in [0.29, 0.717) is 17.8 Å². The summed E-state index contributed by atoms with van der Waals surface area (Å²) in [7, 11) is 1.84. The Morgan fingerprint density at radius 2 is 2.46 bits per heavy atom. The van der Waals surface area contributed by atoms with Crippen LogP contribution in [0, 0.1) is 0 Å². The van der Waals surface area contributed by atoms with Crippen molar-refractivity contribution in [3.05, 3.63) is 24.2 Å². The van der Waals surface area contributed by atoms with Gasteiger partial charge in [-0.25, -0.2) is 4.98 Å². The number of nitrogens with zero attached hydrogens (tertiary/aromatic N) is 3. The lowest BCUT2D eigenvalue weighted by Gasteiger charge is -1.93. The number of hydrogen-bond donors (Lipinski definition) is 0. The number of aromatic nitrogens is 3. The van der Waals surface area contributed by atoms with Crippen molar-refractivity contribution in [1.29, 1.82) is 0 Å². The van der Waals surface area contributed by atoms with Gasteiger partial charge >= 0.3 is 0 Å². The Morgan fingerprint density at radius 1 is 1.62 bits per heavy atom. The largest absolute Gasteiger partial charge is 0.353 e. The Morgan fingerprint density at radius 3 is 3.00 bits per heavy atom. The van der Waals surface area contributed by atoms with Gasteiger partial charge in [0.2, 0.25) is 0 Å². The summed E-state index contributed by atoms with van der Waals surface area (Å²) in [6.45, 7) is 0. The minimum Gasteiger partial charge on any atom is -0.353 e. The highest BCUT2D eigenvalue weighted by Crippen LogP contribution is 2.14. The van der Waals surface area contributed by atoms with Crippen molar-refractivity contribution in [3.63, 3.8) is 0 Å². The van der Waals surface area contributed by atoms with Crippen LogP contribution in [0.15, 0.2) is 23.0 Å². The van der Waals surface area contributed by atoms with Crippen molar-refractivity contribution in [2.75, 3.05) is 0 Å². The molecule has 0 N–H and O–H groups in total. The molecule has 2 rings (SSSR count). The minimum atomic E-state index is 0.206. The normalized spacial score (nSPS) is 10.2. The van der Waals surface area contributed by atoms with Crippen LogP contribution in [0.3, 0.4) is 0 Å². The van der Waals surface area contributed by atoms with Crippen molar-refractivity contribution in [3.8, 4) is 11.5 Å². The quantitative estimate of drug-likeness (QED) is 0.639. The Bertz CT molecular complexity index is 430. The Kier molecular flexibility index (Phi) is 1.70. The number of imidazole rings is 1. The molecule has 0 amide bonds. The Labute approximate surface area is 74.0 Å². The smallest absolute Gasteiger partial charge is 0.199 e. The molecule has 0 bridgehead atoms. The molecule has 0 spiro atoms. The van der Waals surface area contributed by atoms with Crippen LogP contribution in [0.4, 0.5) is 0 Å². The first-order chi connectivity index (χ1) is 6.31. The van der Waals surface area contributed by atoms with Crippen molar-refractivity contribution >= 4 is 6.29 Å². The lowest BCUT2D eigenvalue weighted by molar-refractivity contribution is 0.109. The molecule has 0 radical (unpaired) electrons. The molecule has 0 aliphatic heterocycles. The van der Waals surface area contributed by atoms with Crippen molar-refractivity contribution in [2.45, 2.75) is 0 Å². The summed E-state index contributed by atoms with van der Waals surface area (Å²) in [5.74, 6) is 0.884. The van der Waals surface area contributed by atoms with Crippen molar-refractivity contribution in [1.82, 2.24) is 14.7 Å². The fourth-order valence-electron chi connectivity index (χ4n) is 1.06. The number of hydrogen-bond acceptors (Lipinski definition) is 4. The first-order valence-corrected chi connectivity index (χ1v) is 3.71. The second kappa shape index (κ2) is 2.85. The molecular formula is C8H7N3O2. The highest BCUT2D eigenvalue weighted by atomic mass is 16.5. The number of carbonyl (C=O) groups excluding carboxylic acids is 1. The van der Waals surface area contributed by atoms with E-state index >= 15 is 0 Å². The van der Waals surface area contributed by atoms with Gasteiger partial charge in [0.1, 0.15) is 5.69 Å².